The Kier molecular flexibility index (Phi) is 6.88. The molecule has 6 nitrogen and oxygen atoms in total. The van der Waals surface area contributed by atoms with Crippen LogP contribution in [0.25, 0.3) is 0 Å². The van der Waals surface area contributed by atoms with E-state index >= 15 is 0 Å². The van der Waals surface area contributed by atoms with E-state index in [1.807, 2.05) is 41.3 Å². The largest absolute Gasteiger partial charge is 0.497 e. The third kappa shape index (κ3) is 5.68. The molecule has 0 bridgehead atoms. The number of nitrogens with zero attached hydrogens (tertiary/aromatic N) is 2. The number of carbonyl (C=O) groups is 2. The first-order valence-corrected chi connectivity index (χ1v) is 10.9. The van der Waals surface area contributed by atoms with Gasteiger partial charge in [0, 0.05) is 31.0 Å². The quantitative estimate of drug-likeness (QED) is 0.563. The zero-order valence-corrected chi connectivity index (χ0v) is 18.5. The van der Waals surface area contributed by atoms with E-state index in [4.69, 9.17) is 4.74 Å². The third-order valence-corrected chi connectivity index (χ3v) is 5.56. The smallest absolute Gasteiger partial charge is 0.324 e. The number of urea groups is 1. The Balaban J connectivity index is 1.41. The molecule has 1 fully saturated rings. The average molecular weight is 448 g/mol. The number of halogens is 1. The molecule has 3 aromatic carbocycles. The van der Waals surface area contributed by atoms with Gasteiger partial charge in [0.05, 0.1) is 13.5 Å². The van der Waals surface area contributed by atoms with Crippen molar-refractivity contribution in [2.24, 2.45) is 0 Å². The number of anilines is 2. The summed E-state index contributed by atoms with van der Waals surface area (Å²) in [6.45, 7) is 1.83. The summed E-state index contributed by atoms with van der Waals surface area (Å²) in [5.74, 6) is 0.243. The number of ether oxygens (including phenoxy) is 1. The fraction of sp³-hybridized carbons (Fsp3) is 0.231. The van der Waals surface area contributed by atoms with Crippen LogP contribution in [0.1, 0.15) is 17.5 Å². The van der Waals surface area contributed by atoms with Crippen molar-refractivity contribution in [1.29, 1.82) is 0 Å². The molecule has 0 atom stereocenters. The lowest BCUT2D eigenvalue weighted by Crippen LogP contribution is -2.49. The highest BCUT2D eigenvalue weighted by Gasteiger charge is 2.27. The molecule has 0 saturated carbocycles. The number of hydrogen-bond donors (Lipinski definition) is 1. The lowest BCUT2D eigenvalue weighted by Gasteiger charge is -2.36. The number of hydrogen-bond acceptors (Lipinski definition) is 3. The molecular weight excluding hydrogens is 421 g/mol. The predicted octanol–water partition coefficient (Wildman–Crippen LogP) is 4.85. The predicted molar refractivity (Wildman–Crippen MR) is 126 cm³/mol. The zero-order valence-electron chi connectivity index (χ0n) is 18.5. The fourth-order valence-electron chi connectivity index (χ4n) is 3.86. The topological polar surface area (TPSA) is 61.9 Å². The van der Waals surface area contributed by atoms with E-state index in [1.165, 1.54) is 12.1 Å². The second-order valence-electron chi connectivity index (χ2n) is 7.96. The van der Waals surface area contributed by atoms with Crippen molar-refractivity contribution in [3.8, 4) is 5.75 Å². The molecule has 3 amide bonds. The third-order valence-electron chi connectivity index (χ3n) is 5.56. The van der Waals surface area contributed by atoms with Crippen LogP contribution in [-0.2, 0) is 17.8 Å². The van der Waals surface area contributed by atoms with E-state index in [0.29, 0.717) is 25.3 Å². The van der Waals surface area contributed by atoms with Gasteiger partial charge in [0.25, 0.3) is 0 Å². The van der Waals surface area contributed by atoms with Gasteiger partial charge in [-0.05, 0) is 60.0 Å². The van der Waals surface area contributed by atoms with E-state index in [2.05, 4.69) is 5.32 Å². The van der Waals surface area contributed by atoms with Crippen LogP contribution >= 0.6 is 0 Å². The summed E-state index contributed by atoms with van der Waals surface area (Å²) >= 11 is 0. The number of benzene rings is 3. The molecule has 4 rings (SSSR count). The van der Waals surface area contributed by atoms with Gasteiger partial charge in [-0.25, -0.2) is 9.18 Å². The normalized spacial score (nSPS) is 13.7. The molecule has 1 heterocycles. The monoisotopic (exact) mass is 447 g/mol. The van der Waals surface area contributed by atoms with Gasteiger partial charge in [0.2, 0.25) is 5.91 Å². The number of rotatable bonds is 7. The van der Waals surface area contributed by atoms with Crippen LogP contribution in [-0.4, -0.2) is 37.0 Å². The second-order valence-corrected chi connectivity index (χ2v) is 7.96. The zero-order chi connectivity index (χ0) is 23.2. The van der Waals surface area contributed by atoms with Crippen molar-refractivity contribution in [3.05, 3.63) is 89.7 Å². The van der Waals surface area contributed by atoms with Crippen LogP contribution < -0.4 is 15.0 Å². The van der Waals surface area contributed by atoms with Crippen LogP contribution in [0.5, 0.6) is 5.75 Å². The number of carbonyl (C=O) groups excluding carboxylic acids is 2. The summed E-state index contributed by atoms with van der Waals surface area (Å²) in [6, 6.07) is 20.8. The second kappa shape index (κ2) is 10.2. The molecule has 3 aromatic rings. The molecule has 0 aromatic heterocycles. The lowest BCUT2D eigenvalue weighted by molar-refractivity contribution is -0.115. The highest BCUT2D eigenvalue weighted by atomic mass is 19.1. The molecule has 7 heteroatoms. The summed E-state index contributed by atoms with van der Waals surface area (Å²) in [5, 5.41) is 2.87. The van der Waals surface area contributed by atoms with Gasteiger partial charge in [0.15, 0.2) is 0 Å². The van der Waals surface area contributed by atoms with E-state index < -0.39 is 0 Å². The SMILES string of the molecule is COc1ccc(CN2CCCN(c3cccc(NC(=O)Cc4ccc(F)cc4)c3)C2=O)cc1. The standard InChI is InChI=1S/C26H26FN3O3/c1-33-24-12-8-20(9-13-24)18-29-14-3-15-30(26(29)32)23-5-2-4-22(17-23)28-25(31)16-19-6-10-21(27)11-7-19/h2,4-13,17H,3,14-16,18H2,1H3,(H,28,31). The minimum absolute atomic E-state index is 0.0631. The Morgan fingerprint density at radius 3 is 2.45 bits per heavy atom. The summed E-state index contributed by atoms with van der Waals surface area (Å²) in [6.07, 6.45) is 0.992. The van der Waals surface area contributed by atoms with Crippen molar-refractivity contribution in [2.75, 3.05) is 30.4 Å². The number of nitrogens with one attached hydrogen (secondary N) is 1. The minimum Gasteiger partial charge on any atom is -0.497 e. The van der Waals surface area contributed by atoms with Gasteiger partial charge in [-0.15, -0.1) is 0 Å². The Morgan fingerprint density at radius 2 is 1.73 bits per heavy atom. The molecule has 0 spiro atoms. The molecule has 0 unspecified atom stereocenters. The van der Waals surface area contributed by atoms with E-state index in [1.54, 1.807) is 36.3 Å². The van der Waals surface area contributed by atoms with Gasteiger partial charge in [0.1, 0.15) is 11.6 Å². The van der Waals surface area contributed by atoms with Gasteiger partial charge in [-0.1, -0.05) is 30.3 Å². The molecule has 170 valence electrons. The lowest BCUT2D eigenvalue weighted by atomic mass is 10.1. The molecule has 33 heavy (non-hydrogen) atoms. The molecule has 1 aliphatic rings. The van der Waals surface area contributed by atoms with Gasteiger partial charge in [-0.2, -0.15) is 0 Å². The van der Waals surface area contributed by atoms with Crippen molar-refractivity contribution >= 4 is 23.3 Å². The van der Waals surface area contributed by atoms with Crippen LogP contribution in [0.3, 0.4) is 0 Å². The van der Waals surface area contributed by atoms with Crippen LogP contribution in [0.2, 0.25) is 0 Å². The molecule has 1 aliphatic heterocycles. The Morgan fingerprint density at radius 1 is 1.00 bits per heavy atom. The maximum atomic E-state index is 13.2. The maximum absolute atomic E-state index is 13.2. The van der Waals surface area contributed by atoms with Crippen LogP contribution in [0.4, 0.5) is 20.6 Å². The first-order valence-electron chi connectivity index (χ1n) is 10.9. The Hall–Kier alpha value is -3.87. The van der Waals surface area contributed by atoms with Crippen molar-refractivity contribution in [2.45, 2.75) is 19.4 Å². The first-order chi connectivity index (χ1) is 16.0. The maximum Gasteiger partial charge on any atom is 0.324 e. The van der Waals surface area contributed by atoms with E-state index in [9.17, 15) is 14.0 Å². The number of amides is 3. The van der Waals surface area contributed by atoms with Crippen LogP contribution in [0, 0.1) is 5.82 Å². The van der Waals surface area contributed by atoms with Gasteiger partial charge < -0.3 is 15.0 Å². The summed E-state index contributed by atoms with van der Waals surface area (Å²) < 4.78 is 18.3. The molecule has 1 saturated heterocycles. The average Bonchev–Trinajstić information content (AvgIpc) is 2.82. The van der Waals surface area contributed by atoms with Crippen LogP contribution in [0.15, 0.2) is 72.8 Å². The molecule has 0 radical (unpaired) electrons. The summed E-state index contributed by atoms with van der Waals surface area (Å²) in [7, 11) is 1.63. The van der Waals surface area contributed by atoms with Crippen molar-refractivity contribution in [1.82, 2.24) is 4.90 Å². The molecule has 0 aliphatic carbocycles. The Labute approximate surface area is 192 Å². The van der Waals surface area contributed by atoms with E-state index in [-0.39, 0.29) is 24.2 Å². The van der Waals surface area contributed by atoms with Crippen molar-refractivity contribution in [3.63, 3.8) is 0 Å². The molecule has 1 N–H and O–H groups in total. The highest BCUT2D eigenvalue weighted by Crippen LogP contribution is 2.25. The van der Waals surface area contributed by atoms with E-state index in [0.717, 1.165) is 29.0 Å². The van der Waals surface area contributed by atoms with Gasteiger partial charge in [-0.3, -0.25) is 9.69 Å². The molecular formula is C26H26FN3O3. The minimum atomic E-state index is -0.334. The summed E-state index contributed by atoms with van der Waals surface area (Å²) in [4.78, 5) is 29.1. The fourth-order valence-corrected chi connectivity index (χ4v) is 3.86. The Bertz CT molecular complexity index is 1120. The van der Waals surface area contributed by atoms with Gasteiger partial charge >= 0.3 is 6.03 Å². The summed E-state index contributed by atoms with van der Waals surface area (Å²) in [5.41, 5.74) is 3.11. The van der Waals surface area contributed by atoms with Crippen molar-refractivity contribution < 1.29 is 18.7 Å². The number of methoxy groups -OCH3 is 1. The highest BCUT2D eigenvalue weighted by molar-refractivity contribution is 5.95. The first kappa shape index (κ1) is 22.3.